The molecule has 2 heterocycles. The molecule has 0 bridgehead atoms. The second kappa shape index (κ2) is 8.99. The molecule has 3 aromatic rings. The molecule has 0 fully saturated rings. The van der Waals surface area contributed by atoms with Crippen LogP contribution in [0.15, 0.2) is 29.1 Å². The van der Waals surface area contributed by atoms with Gasteiger partial charge in [-0.05, 0) is 25.8 Å². The normalized spacial score (nSPS) is 11.6. The van der Waals surface area contributed by atoms with Gasteiger partial charge in [-0.25, -0.2) is 22.6 Å². The third-order valence-corrected chi connectivity index (χ3v) is 6.41. The van der Waals surface area contributed by atoms with E-state index in [2.05, 4.69) is 14.7 Å². The van der Waals surface area contributed by atoms with E-state index >= 15 is 0 Å². The van der Waals surface area contributed by atoms with Crippen LogP contribution in [0.5, 0.6) is 0 Å². The van der Waals surface area contributed by atoms with Crippen molar-refractivity contribution in [2.75, 3.05) is 29.8 Å². The summed E-state index contributed by atoms with van der Waals surface area (Å²) in [6, 6.07) is 6.95. The van der Waals surface area contributed by atoms with Crippen molar-refractivity contribution in [3.8, 4) is 0 Å². The molecule has 11 nitrogen and oxygen atoms in total. The molecule has 0 unspecified atom stereocenters. The van der Waals surface area contributed by atoms with Crippen LogP contribution in [-0.2, 0) is 16.6 Å². The van der Waals surface area contributed by atoms with Crippen LogP contribution in [0.3, 0.4) is 0 Å². The minimum absolute atomic E-state index is 0.0332. The number of fused-ring (bicyclic) bond motifs is 1. The minimum atomic E-state index is -3.68. The van der Waals surface area contributed by atoms with Gasteiger partial charge in [-0.15, -0.1) is 0 Å². The number of rotatable bonds is 7. The van der Waals surface area contributed by atoms with Gasteiger partial charge in [-0.3, -0.25) is 9.29 Å². The van der Waals surface area contributed by atoms with Gasteiger partial charge in [0.05, 0.1) is 12.3 Å². The molecule has 2 aromatic heterocycles. The minimum Gasteiger partial charge on any atom is -0.382 e. The molecule has 0 aliphatic heterocycles. The second-order valence-corrected chi connectivity index (χ2v) is 9.35. The molecule has 3 N–H and O–H groups in total. The van der Waals surface area contributed by atoms with Crippen LogP contribution in [0.2, 0.25) is 0 Å². The maximum absolute atomic E-state index is 13.3. The number of aryl methyl sites for hydroxylation is 1. The standard InChI is InChI=1S/C20H27N7O4S/c1-5-11-32(30,31)24-18-22-16(21)15-17(23-18)26(12-14-9-7-13(3)8-10-14)20(29)27(15)19(28)25(4)6-2/h7-10H,5-6,11-12H2,1-4H3,(H3,21,22,23,24). The van der Waals surface area contributed by atoms with E-state index in [1.807, 2.05) is 31.2 Å². The first-order valence-corrected chi connectivity index (χ1v) is 11.8. The van der Waals surface area contributed by atoms with E-state index in [0.29, 0.717) is 13.0 Å². The van der Waals surface area contributed by atoms with Crippen LogP contribution in [0.1, 0.15) is 31.4 Å². The van der Waals surface area contributed by atoms with Crippen molar-refractivity contribution >= 4 is 39.0 Å². The van der Waals surface area contributed by atoms with Gasteiger partial charge >= 0.3 is 11.7 Å². The molecule has 1 amide bonds. The third kappa shape index (κ3) is 4.59. The summed E-state index contributed by atoms with van der Waals surface area (Å²) in [5, 5.41) is 0. The lowest BCUT2D eigenvalue weighted by atomic mass is 10.1. The van der Waals surface area contributed by atoms with E-state index in [-0.39, 0.29) is 35.2 Å². The molecule has 0 aliphatic carbocycles. The first kappa shape index (κ1) is 23.3. The number of carbonyl (C=O) groups is 1. The van der Waals surface area contributed by atoms with Crippen LogP contribution < -0.4 is 16.1 Å². The van der Waals surface area contributed by atoms with Crippen LogP contribution in [0.25, 0.3) is 11.2 Å². The number of anilines is 2. The Morgan fingerprint density at radius 2 is 1.84 bits per heavy atom. The van der Waals surface area contributed by atoms with Crippen LogP contribution in [0, 0.1) is 6.92 Å². The van der Waals surface area contributed by atoms with Crippen LogP contribution >= 0.6 is 0 Å². The number of nitrogens with one attached hydrogen (secondary N) is 1. The molecule has 1 aromatic carbocycles. The van der Waals surface area contributed by atoms with Gasteiger partial charge in [0.1, 0.15) is 5.52 Å². The number of hydrogen-bond donors (Lipinski definition) is 2. The molecule has 3 rings (SSSR count). The highest BCUT2D eigenvalue weighted by atomic mass is 32.2. The van der Waals surface area contributed by atoms with E-state index in [1.54, 1.807) is 20.9 Å². The Kier molecular flexibility index (Phi) is 6.53. The van der Waals surface area contributed by atoms with Gasteiger partial charge in [-0.1, -0.05) is 36.8 Å². The van der Waals surface area contributed by atoms with Crippen LogP contribution in [-0.4, -0.2) is 57.8 Å². The summed E-state index contributed by atoms with van der Waals surface area (Å²) in [4.78, 5) is 35.8. The number of nitrogens with zero attached hydrogens (tertiary/aromatic N) is 5. The fourth-order valence-corrected chi connectivity index (χ4v) is 4.19. The quantitative estimate of drug-likeness (QED) is 0.543. The lowest BCUT2D eigenvalue weighted by Crippen LogP contribution is -2.38. The predicted molar refractivity (Wildman–Crippen MR) is 123 cm³/mol. The molecule has 0 saturated carbocycles. The van der Waals surface area contributed by atoms with E-state index in [0.717, 1.165) is 15.7 Å². The zero-order valence-electron chi connectivity index (χ0n) is 18.5. The van der Waals surface area contributed by atoms with Crippen LogP contribution in [0.4, 0.5) is 16.6 Å². The number of amides is 1. The molecule has 32 heavy (non-hydrogen) atoms. The van der Waals surface area contributed by atoms with Crippen molar-refractivity contribution in [2.24, 2.45) is 0 Å². The van der Waals surface area contributed by atoms with Crippen molar-refractivity contribution in [3.05, 3.63) is 45.9 Å². The van der Waals surface area contributed by atoms with Crippen molar-refractivity contribution < 1.29 is 13.2 Å². The summed E-state index contributed by atoms with van der Waals surface area (Å²) in [6.07, 6.45) is 0.402. The van der Waals surface area contributed by atoms with Gasteiger partial charge in [0.2, 0.25) is 16.0 Å². The molecular formula is C20H27N7O4S. The number of nitrogens with two attached hydrogens (primary N) is 1. The molecule has 0 saturated heterocycles. The lowest BCUT2D eigenvalue weighted by molar-refractivity contribution is 0.212. The number of nitrogen functional groups attached to an aromatic ring is 1. The molecule has 0 aliphatic rings. The topological polar surface area (TPSA) is 145 Å². The van der Waals surface area contributed by atoms with E-state index in [4.69, 9.17) is 5.73 Å². The monoisotopic (exact) mass is 461 g/mol. The molecule has 172 valence electrons. The number of hydrogen-bond acceptors (Lipinski definition) is 7. The smallest absolute Gasteiger partial charge is 0.339 e. The Hall–Kier alpha value is -3.41. The molecule has 0 atom stereocenters. The van der Waals surface area contributed by atoms with Gasteiger partial charge in [0, 0.05) is 13.6 Å². The van der Waals surface area contributed by atoms with Crippen molar-refractivity contribution in [3.63, 3.8) is 0 Å². The number of imidazole rings is 1. The average Bonchev–Trinajstić information content (AvgIpc) is 3.00. The average molecular weight is 462 g/mol. The fourth-order valence-electron chi connectivity index (χ4n) is 3.18. The van der Waals surface area contributed by atoms with E-state index in [9.17, 15) is 18.0 Å². The zero-order chi connectivity index (χ0) is 23.6. The molecule has 12 heteroatoms. The number of aromatic nitrogens is 4. The Balaban J connectivity index is 2.24. The third-order valence-electron chi connectivity index (χ3n) is 4.97. The summed E-state index contributed by atoms with van der Waals surface area (Å²) >= 11 is 0. The van der Waals surface area contributed by atoms with Crippen molar-refractivity contribution in [2.45, 2.75) is 33.7 Å². The van der Waals surface area contributed by atoms with Gasteiger partial charge in [0.15, 0.2) is 11.5 Å². The highest BCUT2D eigenvalue weighted by molar-refractivity contribution is 7.92. The Morgan fingerprint density at radius 3 is 2.44 bits per heavy atom. The van der Waals surface area contributed by atoms with Crippen molar-refractivity contribution in [1.82, 2.24) is 24.0 Å². The summed E-state index contributed by atoms with van der Waals surface area (Å²) in [7, 11) is -2.13. The predicted octanol–water partition coefficient (Wildman–Crippen LogP) is 1.60. The van der Waals surface area contributed by atoms with E-state index in [1.165, 1.54) is 9.47 Å². The number of sulfonamides is 1. The summed E-state index contributed by atoms with van der Waals surface area (Å²) in [5.74, 6) is -0.554. The Labute approximate surface area is 185 Å². The van der Waals surface area contributed by atoms with Gasteiger partial charge in [-0.2, -0.15) is 9.97 Å². The first-order valence-electron chi connectivity index (χ1n) is 10.2. The largest absolute Gasteiger partial charge is 0.382 e. The fraction of sp³-hybridized carbons (Fsp3) is 0.400. The Morgan fingerprint density at radius 1 is 1.19 bits per heavy atom. The first-order chi connectivity index (χ1) is 15.1. The summed E-state index contributed by atoms with van der Waals surface area (Å²) < 4.78 is 28.9. The molecule has 0 radical (unpaired) electrons. The highest BCUT2D eigenvalue weighted by Gasteiger charge is 2.26. The summed E-state index contributed by atoms with van der Waals surface area (Å²) in [6.45, 7) is 5.93. The van der Waals surface area contributed by atoms with Crippen molar-refractivity contribution in [1.29, 1.82) is 0 Å². The Bertz CT molecular complexity index is 1310. The lowest BCUT2D eigenvalue weighted by Gasteiger charge is -2.14. The van der Waals surface area contributed by atoms with E-state index < -0.39 is 21.7 Å². The summed E-state index contributed by atoms with van der Waals surface area (Å²) in [5.41, 5.74) is 7.42. The maximum atomic E-state index is 13.3. The molecule has 0 spiro atoms. The number of carbonyl (C=O) groups excluding carboxylic acids is 1. The zero-order valence-corrected chi connectivity index (χ0v) is 19.3. The highest BCUT2D eigenvalue weighted by Crippen LogP contribution is 2.21. The number of benzene rings is 1. The maximum Gasteiger partial charge on any atom is 0.339 e. The van der Waals surface area contributed by atoms with Gasteiger partial charge < -0.3 is 10.6 Å². The SMILES string of the molecule is CCCS(=O)(=O)Nc1nc(N)c2c(n1)n(Cc1ccc(C)cc1)c(=O)n2C(=O)N(C)CC. The van der Waals surface area contributed by atoms with Gasteiger partial charge in [0.25, 0.3) is 0 Å². The second-order valence-electron chi connectivity index (χ2n) is 7.51. The molecular weight excluding hydrogens is 434 g/mol.